The molecule has 0 aromatic rings. The standard InChI is InChI=1S/C5H9NO2S/c1-4(6-7)5-2-8-3-9-5/h4-5H,2-3H2,1H3. The second-order valence-corrected chi connectivity index (χ2v) is 3.21. The summed E-state index contributed by atoms with van der Waals surface area (Å²) in [6.45, 7) is 2.50. The van der Waals surface area contributed by atoms with Gasteiger partial charge in [-0.3, -0.25) is 0 Å². The Labute approximate surface area is 58.1 Å². The average Bonchev–Trinajstić information content (AvgIpc) is 2.37. The Morgan fingerprint density at radius 3 is 3.11 bits per heavy atom. The highest BCUT2D eigenvalue weighted by Gasteiger charge is 2.23. The second kappa shape index (κ2) is 3.17. The molecule has 1 aliphatic heterocycles. The highest BCUT2D eigenvalue weighted by Crippen LogP contribution is 2.23. The predicted octanol–water partition coefficient (Wildman–Crippen LogP) is 1.23. The van der Waals surface area contributed by atoms with Crippen molar-refractivity contribution in [2.75, 3.05) is 12.5 Å². The minimum Gasteiger partial charge on any atom is -0.370 e. The highest BCUT2D eigenvalue weighted by atomic mass is 32.2. The van der Waals surface area contributed by atoms with E-state index in [1.807, 2.05) is 6.92 Å². The van der Waals surface area contributed by atoms with Gasteiger partial charge in [-0.2, -0.15) is 4.91 Å². The summed E-state index contributed by atoms with van der Waals surface area (Å²) in [4.78, 5) is 9.97. The maximum absolute atomic E-state index is 9.97. The van der Waals surface area contributed by atoms with Crippen LogP contribution in [0.25, 0.3) is 0 Å². The summed E-state index contributed by atoms with van der Waals surface area (Å²) in [5.74, 6) is 0.713. The van der Waals surface area contributed by atoms with E-state index in [1.165, 1.54) is 0 Å². The van der Waals surface area contributed by atoms with E-state index in [1.54, 1.807) is 11.8 Å². The first-order chi connectivity index (χ1) is 4.34. The average molecular weight is 147 g/mol. The number of rotatable bonds is 2. The lowest BCUT2D eigenvalue weighted by Gasteiger charge is -2.06. The van der Waals surface area contributed by atoms with E-state index in [9.17, 15) is 4.91 Å². The number of ether oxygens (including phenoxy) is 1. The summed E-state index contributed by atoms with van der Waals surface area (Å²) in [5.41, 5.74) is 0. The molecule has 0 aromatic carbocycles. The van der Waals surface area contributed by atoms with Crippen LogP contribution in [0.2, 0.25) is 0 Å². The molecule has 0 bridgehead atoms. The van der Waals surface area contributed by atoms with Gasteiger partial charge in [0.25, 0.3) is 0 Å². The van der Waals surface area contributed by atoms with Crippen LogP contribution < -0.4 is 0 Å². The van der Waals surface area contributed by atoms with Gasteiger partial charge in [0, 0.05) is 0 Å². The zero-order chi connectivity index (χ0) is 6.69. The Kier molecular flexibility index (Phi) is 2.48. The summed E-state index contributed by atoms with van der Waals surface area (Å²) in [5, 5.41) is 3.21. The van der Waals surface area contributed by atoms with Gasteiger partial charge in [0.15, 0.2) is 0 Å². The van der Waals surface area contributed by atoms with E-state index in [-0.39, 0.29) is 6.04 Å². The monoisotopic (exact) mass is 147 g/mol. The molecule has 2 atom stereocenters. The summed E-state index contributed by atoms with van der Waals surface area (Å²) in [6, 6.07) is -0.0995. The Balaban J connectivity index is 2.32. The van der Waals surface area contributed by atoms with Crippen LogP contribution in [0.4, 0.5) is 0 Å². The molecule has 9 heavy (non-hydrogen) atoms. The van der Waals surface area contributed by atoms with E-state index in [0.717, 1.165) is 0 Å². The van der Waals surface area contributed by atoms with Crippen molar-refractivity contribution in [1.29, 1.82) is 0 Å². The topological polar surface area (TPSA) is 38.7 Å². The Morgan fingerprint density at radius 2 is 2.67 bits per heavy atom. The number of thioether (sulfide) groups is 1. The molecule has 0 aliphatic carbocycles. The number of nitroso groups, excluding NO2 is 1. The summed E-state index contributed by atoms with van der Waals surface area (Å²) < 4.78 is 5.04. The number of hydrogen-bond acceptors (Lipinski definition) is 4. The first-order valence-corrected chi connectivity index (χ1v) is 3.91. The van der Waals surface area contributed by atoms with Crippen LogP contribution in [0.3, 0.4) is 0 Å². The fraction of sp³-hybridized carbons (Fsp3) is 1.00. The van der Waals surface area contributed by atoms with Crippen LogP contribution in [-0.2, 0) is 4.74 Å². The maximum Gasteiger partial charge on any atom is 0.103 e. The first kappa shape index (κ1) is 7.02. The van der Waals surface area contributed by atoms with Crippen LogP contribution in [0, 0.1) is 4.91 Å². The van der Waals surface area contributed by atoms with Crippen LogP contribution in [-0.4, -0.2) is 23.8 Å². The lowest BCUT2D eigenvalue weighted by molar-refractivity contribution is 0.199. The molecule has 0 spiro atoms. The molecule has 1 heterocycles. The van der Waals surface area contributed by atoms with Crippen molar-refractivity contribution >= 4 is 11.8 Å². The van der Waals surface area contributed by atoms with Gasteiger partial charge in [-0.15, -0.1) is 11.8 Å². The second-order valence-electron chi connectivity index (χ2n) is 2.04. The molecule has 0 N–H and O–H groups in total. The largest absolute Gasteiger partial charge is 0.370 e. The lowest BCUT2D eigenvalue weighted by Crippen LogP contribution is -2.17. The van der Waals surface area contributed by atoms with E-state index >= 15 is 0 Å². The number of nitrogens with zero attached hydrogens (tertiary/aromatic N) is 1. The third-order valence-corrected chi connectivity index (χ3v) is 2.61. The molecule has 4 heteroatoms. The van der Waals surface area contributed by atoms with E-state index < -0.39 is 0 Å². The normalized spacial score (nSPS) is 30.1. The summed E-state index contributed by atoms with van der Waals surface area (Å²) >= 11 is 1.66. The molecule has 0 amide bonds. The maximum atomic E-state index is 9.97. The van der Waals surface area contributed by atoms with Gasteiger partial charge in [-0.25, -0.2) is 0 Å². The highest BCUT2D eigenvalue weighted by molar-refractivity contribution is 8.00. The fourth-order valence-electron chi connectivity index (χ4n) is 0.694. The lowest BCUT2D eigenvalue weighted by atomic mass is 10.2. The third kappa shape index (κ3) is 1.66. The Morgan fingerprint density at radius 1 is 1.89 bits per heavy atom. The molecule has 0 saturated carbocycles. The molecule has 2 unspecified atom stereocenters. The molecule has 1 aliphatic rings. The van der Waals surface area contributed by atoms with Gasteiger partial charge >= 0.3 is 0 Å². The van der Waals surface area contributed by atoms with Crippen molar-refractivity contribution in [3.05, 3.63) is 4.91 Å². The van der Waals surface area contributed by atoms with Crippen molar-refractivity contribution in [3.8, 4) is 0 Å². The van der Waals surface area contributed by atoms with E-state index in [2.05, 4.69) is 5.18 Å². The fourth-order valence-corrected chi connectivity index (χ4v) is 1.58. The van der Waals surface area contributed by atoms with E-state index in [0.29, 0.717) is 17.8 Å². The van der Waals surface area contributed by atoms with Crippen molar-refractivity contribution in [2.24, 2.45) is 5.18 Å². The molecule has 3 nitrogen and oxygen atoms in total. The predicted molar refractivity (Wildman–Crippen MR) is 37.5 cm³/mol. The van der Waals surface area contributed by atoms with Gasteiger partial charge in [0.2, 0.25) is 0 Å². The minimum absolute atomic E-state index is 0.0995. The molecule has 1 rings (SSSR count). The van der Waals surface area contributed by atoms with Crippen LogP contribution in [0.15, 0.2) is 5.18 Å². The SMILES string of the molecule is CC(N=O)C1COCS1. The van der Waals surface area contributed by atoms with Crippen molar-refractivity contribution in [1.82, 2.24) is 0 Å². The van der Waals surface area contributed by atoms with Gasteiger partial charge in [-0.1, -0.05) is 5.18 Å². The van der Waals surface area contributed by atoms with Crippen LogP contribution in [0.5, 0.6) is 0 Å². The molecule has 52 valence electrons. The van der Waals surface area contributed by atoms with Gasteiger partial charge in [0.1, 0.15) is 6.04 Å². The van der Waals surface area contributed by atoms with Gasteiger partial charge in [-0.05, 0) is 6.92 Å². The zero-order valence-electron chi connectivity index (χ0n) is 5.24. The zero-order valence-corrected chi connectivity index (χ0v) is 6.06. The molecule has 1 saturated heterocycles. The summed E-state index contributed by atoms with van der Waals surface area (Å²) in [6.07, 6.45) is 0. The van der Waals surface area contributed by atoms with Crippen LogP contribution in [0.1, 0.15) is 6.92 Å². The quantitative estimate of drug-likeness (QED) is 0.551. The van der Waals surface area contributed by atoms with Gasteiger partial charge in [0.05, 0.1) is 17.8 Å². The minimum atomic E-state index is -0.0995. The molecule has 0 aromatic heterocycles. The third-order valence-electron chi connectivity index (χ3n) is 1.35. The number of hydrogen-bond donors (Lipinski definition) is 0. The first-order valence-electron chi connectivity index (χ1n) is 2.86. The molecular formula is C5H9NO2S. The summed E-state index contributed by atoms with van der Waals surface area (Å²) in [7, 11) is 0. The smallest absolute Gasteiger partial charge is 0.103 e. The molecule has 0 radical (unpaired) electrons. The van der Waals surface area contributed by atoms with Crippen molar-refractivity contribution < 1.29 is 4.74 Å². The van der Waals surface area contributed by atoms with Crippen molar-refractivity contribution in [3.63, 3.8) is 0 Å². The van der Waals surface area contributed by atoms with Gasteiger partial charge < -0.3 is 4.74 Å². The molecule has 1 fully saturated rings. The van der Waals surface area contributed by atoms with E-state index in [4.69, 9.17) is 4.74 Å². The molecular weight excluding hydrogens is 138 g/mol. The van der Waals surface area contributed by atoms with Crippen molar-refractivity contribution in [2.45, 2.75) is 18.2 Å². The Bertz CT molecular complexity index is 103. The van der Waals surface area contributed by atoms with Crippen LogP contribution >= 0.6 is 11.8 Å². The Hall–Kier alpha value is -0.0900.